The Hall–Kier alpha value is -3.23. The first kappa shape index (κ1) is 15.2. The van der Waals surface area contributed by atoms with Crippen LogP contribution >= 0.6 is 0 Å². The van der Waals surface area contributed by atoms with Gasteiger partial charge in [-0.05, 0) is 17.7 Å². The molecule has 1 heterocycles. The standard InChI is InChI=1S/C13H11N3O6/c17-12(7-14-5-6-15(9-14)13(18)19)22-8-10-1-3-11(4-2-10)16(20)21/h1-6,9H,7-8H2/p+1. The largest absolute Gasteiger partial charge is 0.509 e. The predicted molar refractivity (Wildman–Crippen MR) is 70.9 cm³/mol. The van der Waals surface area contributed by atoms with Crippen LogP contribution in [0.15, 0.2) is 43.0 Å². The van der Waals surface area contributed by atoms with E-state index in [1.165, 1.54) is 47.6 Å². The SMILES string of the molecule is O=C(C[n+]1ccn(C(=O)O)c1)OCc1ccc([N+](=O)[O-])cc1. The first-order valence-electron chi connectivity index (χ1n) is 6.15. The molecule has 114 valence electrons. The highest BCUT2D eigenvalue weighted by Gasteiger charge is 2.14. The summed E-state index contributed by atoms with van der Waals surface area (Å²) >= 11 is 0. The van der Waals surface area contributed by atoms with Crippen LogP contribution in [-0.4, -0.2) is 26.7 Å². The Morgan fingerprint density at radius 2 is 2.00 bits per heavy atom. The number of benzene rings is 1. The van der Waals surface area contributed by atoms with E-state index in [-0.39, 0.29) is 18.8 Å². The van der Waals surface area contributed by atoms with E-state index < -0.39 is 17.0 Å². The predicted octanol–water partition coefficient (Wildman–Crippen LogP) is 0.953. The van der Waals surface area contributed by atoms with Crippen molar-refractivity contribution in [2.45, 2.75) is 13.2 Å². The first-order valence-corrected chi connectivity index (χ1v) is 6.15. The molecular formula is C13H12N3O6+. The minimum atomic E-state index is -1.15. The molecule has 0 saturated carbocycles. The number of nitro groups is 1. The van der Waals surface area contributed by atoms with Gasteiger partial charge in [-0.3, -0.25) is 10.1 Å². The number of nitrogens with zero attached hydrogens (tertiary/aromatic N) is 3. The van der Waals surface area contributed by atoms with E-state index in [0.717, 1.165) is 4.57 Å². The Kier molecular flexibility index (Phi) is 4.47. The molecule has 2 rings (SSSR count). The second-order valence-corrected chi connectivity index (χ2v) is 4.36. The Morgan fingerprint density at radius 3 is 2.55 bits per heavy atom. The van der Waals surface area contributed by atoms with E-state index in [9.17, 15) is 19.7 Å². The molecule has 0 spiro atoms. The highest BCUT2D eigenvalue weighted by Crippen LogP contribution is 2.12. The van der Waals surface area contributed by atoms with Gasteiger partial charge in [0, 0.05) is 12.1 Å². The van der Waals surface area contributed by atoms with E-state index in [1.54, 1.807) is 0 Å². The number of rotatable bonds is 5. The molecule has 0 unspecified atom stereocenters. The summed E-state index contributed by atoms with van der Waals surface area (Å²) in [6, 6.07) is 5.65. The summed E-state index contributed by atoms with van der Waals surface area (Å²) in [5.74, 6) is -0.550. The lowest BCUT2D eigenvalue weighted by Gasteiger charge is -2.03. The Bertz CT molecular complexity index is 707. The van der Waals surface area contributed by atoms with Gasteiger partial charge < -0.3 is 9.84 Å². The van der Waals surface area contributed by atoms with Crippen molar-refractivity contribution >= 4 is 17.7 Å². The summed E-state index contributed by atoms with van der Waals surface area (Å²) < 4.78 is 7.29. The molecule has 22 heavy (non-hydrogen) atoms. The van der Waals surface area contributed by atoms with Gasteiger partial charge >= 0.3 is 12.1 Å². The molecule has 0 aliphatic carbocycles. The van der Waals surface area contributed by atoms with E-state index in [4.69, 9.17) is 9.84 Å². The van der Waals surface area contributed by atoms with Crippen LogP contribution in [0.2, 0.25) is 0 Å². The summed E-state index contributed by atoms with van der Waals surface area (Å²) in [6.07, 6.45) is 2.82. The van der Waals surface area contributed by atoms with Crippen molar-refractivity contribution in [2.75, 3.05) is 0 Å². The number of hydrogen-bond acceptors (Lipinski definition) is 5. The normalized spacial score (nSPS) is 10.2. The van der Waals surface area contributed by atoms with Gasteiger partial charge in [-0.25, -0.2) is 9.36 Å². The zero-order valence-electron chi connectivity index (χ0n) is 11.3. The molecule has 0 amide bonds. The molecule has 0 bridgehead atoms. The zero-order valence-corrected chi connectivity index (χ0v) is 11.3. The highest BCUT2D eigenvalue weighted by molar-refractivity contribution is 5.68. The lowest BCUT2D eigenvalue weighted by Crippen LogP contribution is -2.36. The lowest BCUT2D eigenvalue weighted by atomic mass is 10.2. The fourth-order valence-electron chi connectivity index (χ4n) is 1.67. The fraction of sp³-hybridized carbons (Fsp3) is 0.154. The fourth-order valence-corrected chi connectivity index (χ4v) is 1.67. The number of ether oxygens (including phenoxy) is 1. The van der Waals surface area contributed by atoms with Gasteiger partial charge in [0.05, 0.1) is 4.92 Å². The smallest absolute Gasteiger partial charge is 0.458 e. The molecule has 0 fully saturated rings. The maximum Gasteiger partial charge on any atom is 0.509 e. The second-order valence-electron chi connectivity index (χ2n) is 4.36. The summed E-state index contributed by atoms with van der Waals surface area (Å²) in [5.41, 5.74) is 0.577. The number of esters is 1. The molecule has 2 aromatic rings. The lowest BCUT2D eigenvalue weighted by molar-refractivity contribution is -0.685. The van der Waals surface area contributed by atoms with Gasteiger partial charge in [-0.2, -0.15) is 4.79 Å². The van der Waals surface area contributed by atoms with E-state index in [1.807, 2.05) is 0 Å². The van der Waals surface area contributed by atoms with Gasteiger partial charge in [0.15, 0.2) is 6.54 Å². The van der Waals surface area contributed by atoms with E-state index >= 15 is 0 Å². The average Bonchev–Trinajstić information content (AvgIpc) is 2.94. The monoisotopic (exact) mass is 306 g/mol. The number of aromatic nitrogens is 2. The highest BCUT2D eigenvalue weighted by atomic mass is 16.6. The van der Waals surface area contributed by atoms with Crippen LogP contribution in [0.1, 0.15) is 5.56 Å². The molecule has 1 N–H and O–H groups in total. The third kappa shape index (κ3) is 3.88. The van der Waals surface area contributed by atoms with Crippen LogP contribution in [0.4, 0.5) is 10.5 Å². The number of hydrogen-bond donors (Lipinski definition) is 1. The summed E-state index contributed by atoms with van der Waals surface area (Å²) in [5, 5.41) is 19.2. The van der Waals surface area contributed by atoms with Gasteiger partial charge in [0.2, 0.25) is 0 Å². The zero-order chi connectivity index (χ0) is 16.1. The molecular weight excluding hydrogens is 294 g/mol. The van der Waals surface area contributed by atoms with Gasteiger partial charge in [0.1, 0.15) is 19.0 Å². The summed E-state index contributed by atoms with van der Waals surface area (Å²) in [4.78, 5) is 32.3. The van der Waals surface area contributed by atoms with Crippen molar-refractivity contribution in [2.24, 2.45) is 0 Å². The molecule has 0 atom stereocenters. The van der Waals surface area contributed by atoms with E-state index in [0.29, 0.717) is 5.56 Å². The van der Waals surface area contributed by atoms with Crippen molar-refractivity contribution < 1.29 is 28.9 Å². The minimum Gasteiger partial charge on any atom is -0.458 e. The number of carbonyl (C=O) groups excluding carboxylic acids is 1. The van der Waals surface area contributed by atoms with Gasteiger partial charge in [-0.15, -0.1) is 4.57 Å². The van der Waals surface area contributed by atoms with Crippen molar-refractivity contribution in [3.8, 4) is 0 Å². The van der Waals surface area contributed by atoms with Crippen LogP contribution in [0.5, 0.6) is 0 Å². The molecule has 9 nitrogen and oxygen atoms in total. The Morgan fingerprint density at radius 1 is 1.32 bits per heavy atom. The van der Waals surface area contributed by atoms with Crippen molar-refractivity contribution in [3.63, 3.8) is 0 Å². The van der Waals surface area contributed by atoms with Crippen molar-refractivity contribution in [1.82, 2.24) is 4.57 Å². The topological polar surface area (TPSA) is 116 Å². The number of carbonyl (C=O) groups is 2. The maximum absolute atomic E-state index is 11.6. The van der Waals surface area contributed by atoms with Crippen molar-refractivity contribution in [3.05, 3.63) is 58.7 Å². The van der Waals surface area contributed by atoms with Gasteiger partial charge in [-0.1, -0.05) is 0 Å². The molecule has 0 saturated heterocycles. The molecule has 1 aromatic carbocycles. The molecule has 1 aromatic heterocycles. The molecule has 9 heteroatoms. The molecule has 0 aliphatic rings. The number of imidazole rings is 1. The summed E-state index contributed by atoms with van der Waals surface area (Å²) in [6.45, 7) is -0.149. The molecule has 0 aliphatic heterocycles. The molecule has 0 radical (unpaired) electrons. The summed E-state index contributed by atoms with van der Waals surface area (Å²) in [7, 11) is 0. The number of nitro benzene ring substituents is 1. The average molecular weight is 306 g/mol. The van der Waals surface area contributed by atoms with Crippen LogP contribution in [0.25, 0.3) is 0 Å². The Balaban J connectivity index is 1.86. The van der Waals surface area contributed by atoms with Crippen LogP contribution in [-0.2, 0) is 22.7 Å². The maximum atomic E-state index is 11.6. The third-order valence-electron chi connectivity index (χ3n) is 2.77. The second kappa shape index (κ2) is 6.48. The van der Waals surface area contributed by atoms with Crippen LogP contribution in [0.3, 0.4) is 0 Å². The third-order valence-corrected chi connectivity index (χ3v) is 2.77. The van der Waals surface area contributed by atoms with Gasteiger partial charge in [0.25, 0.3) is 12.0 Å². The van der Waals surface area contributed by atoms with Crippen LogP contribution in [0, 0.1) is 10.1 Å². The quantitative estimate of drug-likeness (QED) is 0.380. The van der Waals surface area contributed by atoms with Crippen molar-refractivity contribution in [1.29, 1.82) is 0 Å². The Labute approximate surface area is 124 Å². The minimum absolute atomic E-state index is 0.0168. The first-order chi connectivity index (χ1) is 10.5. The van der Waals surface area contributed by atoms with E-state index in [2.05, 4.69) is 0 Å². The number of non-ortho nitro benzene ring substituents is 1. The van der Waals surface area contributed by atoms with Crippen LogP contribution < -0.4 is 4.57 Å². The number of carboxylic acid groups (broad SMARTS) is 1.